The van der Waals surface area contributed by atoms with Crippen molar-refractivity contribution in [2.24, 2.45) is 0 Å². The van der Waals surface area contributed by atoms with Gasteiger partial charge in [-0.15, -0.1) is 0 Å². The minimum absolute atomic E-state index is 0.429. The van der Waals surface area contributed by atoms with Crippen molar-refractivity contribution in [1.82, 2.24) is 15.0 Å². The lowest BCUT2D eigenvalue weighted by Gasteiger charge is -2.15. The maximum atomic E-state index is 4.95. The predicted molar refractivity (Wildman–Crippen MR) is 97.5 cm³/mol. The molecule has 0 atom stereocenters. The van der Waals surface area contributed by atoms with E-state index in [9.17, 15) is 0 Å². The van der Waals surface area contributed by atoms with E-state index in [0.717, 1.165) is 51.7 Å². The van der Waals surface area contributed by atoms with Crippen LogP contribution in [0.25, 0.3) is 16.8 Å². The molecule has 3 nitrogen and oxygen atoms in total. The number of pyridine rings is 1. The molecule has 2 rings (SSSR count). The smallest absolute Gasteiger partial charge is 0.0943 e. The van der Waals surface area contributed by atoms with Gasteiger partial charge in [0, 0.05) is 17.0 Å². The van der Waals surface area contributed by atoms with Crippen LogP contribution in [0.4, 0.5) is 0 Å². The fraction of sp³-hybridized carbons (Fsp3) is 0.450. The minimum atomic E-state index is 0.429. The standard InChI is InChI=1S/C20H27N3/c1-8-13(5)19-15(7)22-17(9-2)20(23-19)16-10-11-18(12(3)4)21-14(16)6/h8,10-12H,9H2,1-7H3/b13-8-. The average molecular weight is 309 g/mol. The van der Waals surface area contributed by atoms with Gasteiger partial charge < -0.3 is 0 Å². The lowest BCUT2D eigenvalue weighted by molar-refractivity contribution is 0.815. The molecular weight excluding hydrogens is 282 g/mol. The summed E-state index contributed by atoms with van der Waals surface area (Å²) in [7, 11) is 0. The van der Waals surface area contributed by atoms with Crippen LogP contribution in [0.2, 0.25) is 0 Å². The molecule has 0 unspecified atom stereocenters. The maximum absolute atomic E-state index is 4.95. The highest BCUT2D eigenvalue weighted by Gasteiger charge is 2.16. The summed E-state index contributed by atoms with van der Waals surface area (Å²) in [5, 5.41) is 0. The predicted octanol–water partition coefficient (Wildman–Crippen LogP) is 5.26. The highest BCUT2D eigenvalue weighted by atomic mass is 14.9. The third-order valence-electron chi connectivity index (χ3n) is 4.24. The van der Waals surface area contributed by atoms with E-state index in [-0.39, 0.29) is 0 Å². The Balaban J connectivity index is 2.67. The van der Waals surface area contributed by atoms with Gasteiger partial charge in [-0.25, -0.2) is 4.98 Å². The van der Waals surface area contributed by atoms with Gasteiger partial charge in [-0.2, -0.15) is 0 Å². The first-order valence-corrected chi connectivity index (χ1v) is 8.37. The zero-order chi connectivity index (χ0) is 17.1. The van der Waals surface area contributed by atoms with Crippen LogP contribution >= 0.6 is 0 Å². The Morgan fingerprint density at radius 1 is 1.09 bits per heavy atom. The van der Waals surface area contributed by atoms with Gasteiger partial charge in [0.1, 0.15) is 0 Å². The lowest BCUT2D eigenvalue weighted by atomic mass is 10.0. The molecular formula is C20H27N3. The van der Waals surface area contributed by atoms with Gasteiger partial charge in [0.15, 0.2) is 0 Å². The molecule has 0 saturated carbocycles. The summed E-state index contributed by atoms with van der Waals surface area (Å²) in [6.07, 6.45) is 2.95. The first-order valence-electron chi connectivity index (χ1n) is 8.37. The minimum Gasteiger partial charge on any atom is -0.257 e. The van der Waals surface area contributed by atoms with Crippen molar-refractivity contribution >= 4 is 5.57 Å². The highest BCUT2D eigenvalue weighted by Crippen LogP contribution is 2.28. The van der Waals surface area contributed by atoms with Crippen LogP contribution in [-0.2, 0) is 6.42 Å². The molecule has 0 radical (unpaired) electrons. The number of aromatic nitrogens is 3. The van der Waals surface area contributed by atoms with Gasteiger partial charge in [-0.3, -0.25) is 9.97 Å². The van der Waals surface area contributed by atoms with E-state index in [2.05, 4.69) is 52.8 Å². The average Bonchev–Trinajstić information content (AvgIpc) is 2.53. The van der Waals surface area contributed by atoms with E-state index < -0.39 is 0 Å². The van der Waals surface area contributed by atoms with Gasteiger partial charge in [-0.1, -0.05) is 26.8 Å². The van der Waals surface area contributed by atoms with E-state index >= 15 is 0 Å². The molecule has 0 aliphatic rings. The molecule has 3 heteroatoms. The van der Waals surface area contributed by atoms with Crippen molar-refractivity contribution < 1.29 is 0 Å². The molecule has 0 aromatic carbocycles. The van der Waals surface area contributed by atoms with Crippen molar-refractivity contribution in [3.05, 3.63) is 46.7 Å². The van der Waals surface area contributed by atoms with E-state index in [4.69, 9.17) is 15.0 Å². The molecule has 0 spiro atoms. The molecule has 2 aromatic heterocycles. The Hall–Kier alpha value is -2.03. The Morgan fingerprint density at radius 3 is 2.30 bits per heavy atom. The summed E-state index contributed by atoms with van der Waals surface area (Å²) >= 11 is 0. The summed E-state index contributed by atoms with van der Waals surface area (Å²) < 4.78 is 0. The van der Waals surface area contributed by atoms with Crippen molar-refractivity contribution in [3.8, 4) is 11.3 Å². The maximum Gasteiger partial charge on any atom is 0.0943 e. The van der Waals surface area contributed by atoms with Crippen molar-refractivity contribution in [1.29, 1.82) is 0 Å². The second kappa shape index (κ2) is 7.03. The van der Waals surface area contributed by atoms with Crippen LogP contribution in [0, 0.1) is 13.8 Å². The molecule has 0 aliphatic heterocycles. The molecule has 0 fully saturated rings. The van der Waals surface area contributed by atoms with Crippen LogP contribution in [0.1, 0.15) is 69.0 Å². The van der Waals surface area contributed by atoms with Gasteiger partial charge in [0.25, 0.3) is 0 Å². The van der Waals surface area contributed by atoms with Gasteiger partial charge >= 0.3 is 0 Å². The molecule has 0 aliphatic carbocycles. The van der Waals surface area contributed by atoms with Crippen LogP contribution in [0.15, 0.2) is 18.2 Å². The normalized spacial score (nSPS) is 12.1. The summed E-state index contributed by atoms with van der Waals surface area (Å²) in [5.41, 5.74) is 8.36. The molecule has 0 N–H and O–H groups in total. The lowest BCUT2D eigenvalue weighted by Crippen LogP contribution is -2.06. The number of hydrogen-bond acceptors (Lipinski definition) is 3. The van der Waals surface area contributed by atoms with Crippen LogP contribution < -0.4 is 0 Å². The Kier molecular flexibility index (Phi) is 5.30. The fourth-order valence-corrected chi connectivity index (χ4v) is 2.69. The van der Waals surface area contributed by atoms with Crippen LogP contribution in [0.5, 0.6) is 0 Å². The number of allylic oxidation sites excluding steroid dienone is 2. The second-order valence-electron chi connectivity index (χ2n) is 6.30. The Labute approximate surface area is 139 Å². The van der Waals surface area contributed by atoms with Gasteiger partial charge in [0.2, 0.25) is 0 Å². The fourth-order valence-electron chi connectivity index (χ4n) is 2.69. The molecule has 0 amide bonds. The van der Waals surface area contributed by atoms with E-state index in [0.29, 0.717) is 5.92 Å². The molecule has 0 saturated heterocycles. The van der Waals surface area contributed by atoms with Crippen molar-refractivity contribution in [2.75, 3.05) is 0 Å². The Morgan fingerprint density at radius 2 is 1.78 bits per heavy atom. The third-order valence-corrected chi connectivity index (χ3v) is 4.24. The third kappa shape index (κ3) is 3.49. The largest absolute Gasteiger partial charge is 0.257 e. The SMILES string of the molecule is C/C=C(/C)c1nc(-c2ccc(C(C)C)nc2C)c(CC)nc1C. The van der Waals surface area contributed by atoms with E-state index in [1.165, 1.54) is 0 Å². The van der Waals surface area contributed by atoms with Gasteiger partial charge in [0.05, 0.1) is 22.8 Å². The second-order valence-corrected chi connectivity index (χ2v) is 6.30. The summed E-state index contributed by atoms with van der Waals surface area (Å²) in [4.78, 5) is 14.5. The highest BCUT2D eigenvalue weighted by molar-refractivity contribution is 5.69. The molecule has 0 bridgehead atoms. The van der Waals surface area contributed by atoms with Gasteiger partial charge in [-0.05, 0) is 57.7 Å². The summed E-state index contributed by atoms with van der Waals surface area (Å²) in [5.74, 6) is 0.429. The zero-order valence-electron chi connectivity index (χ0n) is 15.4. The first kappa shape index (κ1) is 17.3. The monoisotopic (exact) mass is 309 g/mol. The molecule has 23 heavy (non-hydrogen) atoms. The van der Waals surface area contributed by atoms with Crippen molar-refractivity contribution in [2.45, 2.75) is 60.8 Å². The summed E-state index contributed by atoms with van der Waals surface area (Å²) in [6.45, 7) is 14.7. The summed E-state index contributed by atoms with van der Waals surface area (Å²) in [6, 6.07) is 4.25. The number of rotatable bonds is 4. The number of nitrogens with zero attached hydrogens (tertiary/aromatic N) is 3. The van der Waals surface area contributed by atoms with E-state index in [1.807, 2.05) is 13.8 Å². The Bertz CT molecular complexity index is 743. The number of hydrogen-bond donors (Lipinski definition) is 0. The molecule has 2 aromatic rings. The zero-order valence-corrected chi connectivity index (χ0v) is 15.4. The van der Waals surface area contributed by atoms with Crippen LogP contribution in [0.3, 0.4) is 0 Å². The van der Waals surface area contributed by atoms with Crippen LogP contribution in [-0.4, -0.2) is 15.0 Å². The molecule has 2 heterocycles. The number of aryl methyl sites for hydroxylation is 3. The van der Waals surface area contributed by atoms with E-state index in [1.54, 1.807) is 0 Å². The van der Waals surface area contributed by atoms with Crippen molar-refractivity contribution in [3.63, 3.8) is 0 Å². The quantitative estimate of drug-likeness (QED) is 0.772. The topological polar surface area (TPSA) is 38.7 Å². The molecule has 122 valence electrons. The first-order chi connectivity index (χ1) is 10.9.